The van der Waals surface area contributed by atoms with Crippen molar-refractivity contribution in [1.82, 2.24) is 9.88 Å². The fraction of sp³-hybridized carbons (Fsp3) is 0.409. The highest BCUT2D eigenvalue weighted by Gasteiger charge is 2.44. The quantitative estimate of drug-likeness (QED) is 0.732. The minimum absolute atomic E-state index is 0.0304. The summed E-state index contributed by atoms with van der Waals surface area (Å²) < 4.78 is 0. The maximum atomic E-state index is 12.5. The van der Waals surface area contributed by atoms with Crippen molar-refractivity contribution in [1.29, 1.82) is 0 Å². The Morgan fingerprint density at radius 3 is 2.78 bits per heavy atom. The minimum Gasteiger partial charge on any atom is -0.392 e. The molecule has 27 heavy (non-hydrogen) atoms. The molecule has 1 saturated heterocycles. The van der Waals surface area contributed by atoms with Crippen molar-refractivity contribution in [3.8, 4) is 0 Å². The molecule has 3 aliphatic rings. The first-order chi connectivity index (χ1) is 13.0. The van der Waals surface area contributed by atoms with Crippen LogP contribution in [0.3, 0.4) is 0 Å². The van der Waals surface area contributed by atoms with Crippen molar-refractivity contribution in [2.24, 2.45) is 11.8 Å². The Kier molecular flexibility index (Phi) is 3.78. The lowest BCUT2D eigenvalue weighted by molar-refractivity contribution is -0.110. The maximum absolute atomic E-state index is 12.5. The van der Waals surface area contributed by atoms with Crippen LogP contribution in [0.2, 0.25) is 0 Å². The Morgan fingerprint density at radius 1 is 1.26 bits per heavy atom. The number of nitrogens with one attached hydrogen (secondary N) is 2. The number of likely N-dealkylation sites (tertiary alicyclic amines) is 1. The Morgan fingerprint density at radius 2 is 2.04 bits per heavy atom. The van der Waals surface area contributed by atoms with Gasteiger partial charge in [0.2, 0.25) is 0 Å². The van der Waals surface area contributed by atoms with Crippen LogP contribution in [0.1, 0.15) is 40.1 Å². The molecular weight excluding hydrogens is 338 g/mol. The molecule has 5 nitrogen and oxygen atoms in total. The number of benzene rings is 1. The van der Waals surface area contributed by atoms with Crippen LogP contribution in [0.5, 0.6) is 0 Å². The molecule has 2 aliphatic heterocycles. The first-order valence-electron chi connectivity index (χ1n) is 9.71. The Hall–Kier alpha value is -2.37. The summed E-state index contributed by atoms with van der Waals surface area (Å²) in [6.07, 6.45) is 3.37. The zero-order valence-electron chi connectivity index (χ0n) is 15.8. The molecule has 5 heteroatoms. The van der Waals surface area contributed by atoms with Crippen molar-refractivity contribution in [2.75, 3.05) is 18.4 Å². The number of aromatic amines is 1. The highest BCUT2D eigenvalue weighted by Crippen LogP contribution is 2.45. The van der Waals surface area contributed by atoms with Gasteiger partial charge in [-0.1, -0.05) is 6.07 Å². The molecule has 1 amide bonds. The Labute approximate surface area is 159 Å². The molecule has 140 valence electrons. The summed E-state index contributed by atoms with van der Waals surface area (Å²) in [5, 5.41) is 12.3. The Balaban J connectivity index is 1.47. The van der Waals surface area contributed by atoms with E-state index in [0.29, 0.717) is 5.57 Å². The molecule has 2 atom stereocenters. The van der Waals surface area contributed by atoms with Gasteiger partial charge in [0.1, 0.15) is 0 Å². The zero-order valence-corrected chi connectivity index (χ0v) is 15.8. The van der Waals surface area contributed by atoms with Crippen LogP contribution < -0.4 is 5.32 Å². The highest BCUT2D eigenvalue weighted by atomic mass is 16.3. The van der Waals surface area contributed by atoms with Gasteiger partial charge in [-0.3, -0.25) is 9.69 Å². The number of carbonyl (C=O) groups excluding carboxylic acids is 1. The molecule has 5 rings (SSSR count). The second kappa shape index (κ2) is 6.08. The molecule has 1 saturated carbocycles. The molecule has 1 aromatic carbocycles. The smallest absolute Gasteiger partial charge is 0.256 e. The zero-order chi connectivity index (χ0) is 18.7. The summed E-state index contributed by atoms with van der Waals surface area (Å²) in [4.78, 5) is 18.5. The molecule has 0 radical (unpaired) electrons. The molecule has 0 bridgehead atoms. The summed E-state index contributed by atoms with van der Waals surface area (Å²) >= 11 is 0. The molecular formula is C22H25N3O2. The van der Waals surface area contributed by atoms with Crippen molar-refractivity contribution < 1.29 is 9.90 Å². The Bertz CT molecular complexity index is 962. The van der Waals surface area contributed by atoms with E-state index in [0.717, 1.165) is 40.9 Å². The third-order valence-electron chi connectivity index (χ3n) is 6.41. The van der Waals surface area contributed by atoms with E-state index in [1.165, 1.54) is 36.3 Å². The number of amides is 1. The molecule has 3 N–H and O–H groups in total. The van der Waals surface area contributed by atoms with E-state index in [4.69, 9.17) is 0 Å². The van der Waals surface area contributed by atoms with Crippen molar-refractivity contribution in [3.05, 3.63) is 51.8 Å². The first kappa shape index (κ1) is 16.8. The molecule has 2 aromatic rings. The summed E-state index contributed by atoms with van der Waals surface area (Å²) in [5.74, 6) is 1.78. The van der Waals surface area contributed by atoms with Gasteiger partial charge in [-0.05, 0) is 67.0 Å². The van der Waals surface area contributed by atoms with Crippen molar-refractivity contribution in [2.45, 2.75) is 33.4 Å². The fourth-order valence-corrected chi connectivity index (χ4v) is 4.67. The highest BCUT2D eigenvalue weighted by molar-refractivity contribution is 6.34. The van der Waals surface area contributed by atoms with E-state index >= 15 is 0 Å². The number of nitrogens with zero attached hydrogens (tertiary/aromatic N) is 1. The standard InChI is InChI=1S/C22H25N3O2/c1-12-19(10-25-8-15-6-16(15)9-25)13(2)23-21(12)7-18-17-5-14(11-26)3-4-20(17)24-22(18)27/h3-5,7,15-16,23,26H,6,8-11H2,1-2H3,(H,24,27)/t15-,16?/m1/s1. The normalized spacial score (nSPS) is 25.0. The summed E-state index contributed by atoms with van der Waals surface area (Å²) in [7, 11) is 0. The number of fused-ring (bicyclic) bond motifs is 2. The number of aliphatic hydroxyl groups excluding tert-OH is 1. The van der Waals surface area contributed by atoms with Crippen LogP contribution in [-0.4, -0.2) is 34.0 Å². The van der Waals surface area contributed by atoms with E-state index in [1.807, 2.05) is 24.3 Å². The van der Waals surface area contributed by atoms with Gasteiger partial charge in [0, 0.05) is 42.3 Å². The number of aliphatic hydroxyl groups is 1. The van der Waals surface area contributed by atoms with Crippen LogP contribution in [0, 0.1) is 25.7 Å². The van der Waals surface area contributed by atoms with E-state index in [9.17, 15) is 9.90 Å². The van der Waals surface area contributed by atoms with E-state index in [-0.39, 0.29) is 12.5 Å². The maximum Gasteiger partial charge on any atom is 0.256 e. The van der Waals surface area contributed by atoms with Crippen molar-refractivity contribution in [3.63, 3.8) is 0 Å². The second-order valence-corrected chi connectivity index (χ2v) is 8.27. The lowest BCUT2D eigenvalue weighted by Crippen LogP contribution is -2.22. The SMILES string of the molecule is Cc1[nH]c(C=C2C(=O)Nc3ccc(CO)cc32)c(C)c1CN1CC2C[C@@H]2C1. The number of piperidine rings is 1. The number of hydrogen-bond acceptors (Lipinski definition) is 3. The number of aryl methyl sites for hydroxylation is 1. The van der Waals surface area contributed by atoms with Crippen LogP contribution in [0.25, 0.3) is 11.6 Å². The lowest BCUT2D eigenvalue weighted by Gasteiger charge is -2.17. The molecule has 3 heterocycles. The van der Waals surface area contributed by atoms with Crippen LogP contribution in [0.4, 0.5) is 5.69 Å². The summed E-state index contributed by atoms with van der Waals surface area (Å²) in [5.41, 5.74) is 7.88. The minimum atomic E-state index is -0.0899. The van der Waals surface area contributed by atoms with Gasteiger partial charge in [-0.25, -0.2) is 0 Å². The average Bonchev–Trinajstić information content (AvgIpc) is 3.01. The third-order valence-corrected chi connectivity index (χ3v) is 6.41. The predicted molar refractivity (Wildman–Crippen MR) is 106 cm³/mol. The summed E-state index contributed by atoms with van der Waals surface area (Å²) in [6, 6.07) is 5.59. The number of carbonyl (C=O) groups is 1. The molecule has 2 fully saturated rings. The lowest BCUT2D eigenvalue weighted by atomic mass is 10.0. The van der Waals surface area contributed by atoms with Gasteiger partial charge in [-0.15, -0.1) is 0 Å². The number of aromatic nitrogens is 1. The first-order valence-corrected chi connectivity index (χ1v) is 9.71. The van der Waals surface area contributed by atoms with E-state index in [2.05, 4.69) is 29.0 Å². The van der Waals surface area contributed by atoms with Crippen LogP contribution in [-0.2, 0) is 17.9 Å². The molecule has 1 aliphatic carbocycles. The molecule has 1 aromatic heterocycles. The van der Waals surface area contributed by atoms with Gasteiger partial charge < -0.3 is 15.4 Å². The van der Waals surface area contributed by atoms with Gasteiger partial charge in [0.15, 0.2) is 0 Å². The monoisotopic (exact) mass is 363 g/mol. The predicted octanol–water partition coefficient (Wildman–Crippen LogP) is 3.07. The van der Waals surface area contributed by atoms with Gasteiger partial charge in [0.05, 0.1) is 12.2 Å². The largest absolute Gasteiger partial charge is 0.392 e. The number of hydrogen-bond donors (Lipinski definition) is 3. The topological polar surface area (TPSA) is 68.4 Å². The average molecular weight is 363 g/mol. The fourth-order valence-electron chi connectivity index (χ4n) is 4.67. The summed E-state index contributed by atoms with van der Waals surface area (Å²) in [6.45, 7) is 7.67. The molecule has 0 spiro atoms. The van der Waals surface area contributed by atoms with E-state index in [1.54, 1.807) is 0 Å². The van der Waals surface area contributed by atoms with Crippen LogP contribution >= 0.6 is 0 Å². The van der Waals surface area contributed by atoms with Gasteiger partial charge in [-0.2, -0.15) is 0 Å². The second-order valence-electron chi connectivity index (χ2n) is 8.27. The van der Waals surface area contributed by atoms with Gasteiger partial charge in [0.25, 0.3) is 5.91 Å². The number of rotatable bonds is 4. The molecule has 1 unspecified atom stereocenters. The van der Waals surface area contributed by atoms with Crippen molar-refractivity contribution >= 4 is 23.2 Å². The van der Waals surface area contributed by atoms with E-state index < -0.39 is 0 Å². The number of H-pyrrole nitrogens is 1. The van der Waals surface area contributed by atoms with Crippen LogP contribution in [0.15, 0.2) is 18.2 Å². The third kappa shape index (κ3) is 2.82. The van der Waals surface area contributed by atoms with Gasteiger partial charge >= 0.3 is 0 Å². The number of anilines is 1.